The highest BCUT2D eigenvalue weighted by atomic mass is 35.5. The lowest BCUT2D eigenvalue weighted by molar-refractivity contribution is -0.255. The Morgan fingerprint density at radius 3 is 1.24 bits per heavy atom. The Labute approximate surface area is 132 Å². The van der Waals surface area contributed by atoms with Gasteiger partial charge in [-0.3, -0.25) is 8.42 Å². The Bertz CT molecular complexity index is 580. The van der Waals surface area contributed by atoms with Gasteiger partial charge in [0.15, 0.2) is 0 Å². The highest BCUT2D eigenvalue weighted by molar-refractivity contribution is 7.79. The van der Waals surface area contributed by atoms with Gasteiger partial charge in [-0.25, -0.2) is 0 Å². The standard InChI is InChI=1S/2C6H6ClN.H2O4S/c2*7-5-2-1-3-6(8)4-5;1-5(2,3)4/h2*1-4H,8H2;(H2,1,2,3,4). The first-order chi connectivity index (χ1) is 9.58. The molecule has 0 saturated carbocycles. The molecule has 0 aliphatic heterocycles. The first kappa shape index (κ1) is 19.8. The van der Waals surface area contributed by atoms with E-state index in [0.29, 0.717) is 0 Å². The highest BCUT2D eigenvalue weighted by Crippen LogP contribution is 2.10. The van der Waals surface area contributed by atoms with E-state index in [4.69, 9.17) is 40.7 Å². The second kappa shape index (κ2) is 9.69. The third-order valence-electron chi connectivity index (χ3n) is 1.78. The van der Waals surface area contributed by atoms with Gasteiger partial charge in [-0.05, 0) is 24.3 Å². The predicted molar refractivity (Wildman–Crippen MR) is 78.5 cm³/mol. The first-order valence-corrected chi connectivity index (χ1v) is 7.48. The van der Waals surface area contributed by atoms with Crippen molar-refractivity contribution in [3.05, 3.63) is 58.6 Å². The summed E-state index contributed by atoms with van der Waals surface area (Å²) in [4.78, 5) is 0. The van der Waals surface area contributed by atoms with Crippen LogP contribution >= 0.6 is 23.2 Å². The van der Waals surface area contributed by atoms with E-state index in [2.05, 4.69) is 11.5 Å². The molecule has 0 aliphatic carbocycles. The van der Waals surface area contributed by atoms with Gasteiger partial charge in [-0.1, -0.05) is 35.3 Å². The van der Waals surface area contributed by atoms with Gasteiger partial charge in [-0.15, -0.1) is 0 Å². The quantitative estimate of drug-likeness (QED) is 0.541. The Morgan fingerprint density at radius 2 is 1.10 bits per heavy atom. The monoisotopic (exact) mass is 352 g/mol. The normalized spacial score (nSPS) is 9.81. The topological polar surface area (TPSA) is 136 Å². The summed E-state index contributed by atoms with van der Waals surface area (Å²) in [7, 11) is -5.17. The summed E-state index contributed by atoms with van der Waals surface area (Å²) in [5.74, 6) is 0. The number of rotatable bonds is 0. The first-order valence-electron chi connectivity index (χ1n) is 5.39. The van der Waals surface area contributed by atoms with E-state index in [0.717, 1.165) is 21.4 Å². The molecular weight excluding hydrogens is 339 g/mol. The molecule has 0 bridgehead atoms. The van der Waals surface area contributed by atoms with Gasteiger partial charge in [0.25, 0.3) is 0 Å². The average molecular weight is 353 g/mol. The summed E-state index contributed by atoms with van der Waals surface area (Å²) in [6.45, 7) is 0. The lowest BCUT2D eigenvalue weighted by Crippen LogP contribution is -2.39. The molecule has 6 N–H and O–H groups in total. The molecule has 0 atom stereocenters. The Kier molecular flexibility index (Phi) is 9.14. The Morgan fingerprint density at radius 1 is 0.810 bits per heavy atom. The van der Waals surface area contributed by atoms with Crippen molar-refractivity contribution in [1.29, 1.82) is 0 Å². The van der Waals surface area contributed by atoms with Crippen LogP contribution in [-0.2, 0) is 10.4 Å². The maximum absolute atomic E-state index is 8.52. The van der Waals surface area contributed by atoms with E-state index in [1.54, 1.807) is 0 Å². The second-order valence-corrected chi connectivity index (χ2v) is 5.36. The highest BCUT2D eigenvalue weighted by Gasteiger charge is 1.87. The van der Waals surface area contributed by atoms with Gasteiger partial charge < -0.3 is 20.6 Å². The minimum atomic E-state index is -5.17. The van der Waals surface area contributed by atoms with Gasteiger partial charge in [0, 0.05) is 32.6 Å². The van der Waals surface area contributed by atoms with Crippen LogP contribution in [-0.4, -0.2) is 17.5 Å². The zero-order valence-corrected chi connectivity index (χ0v) is 13.2. The van der Waals surface area contributed by atoms with Crippen molar-refractivity contribution in [3.8, 4) is 0 Å². The molecule has 6 nitrogen and oxygen atoms in total. The molecule has 9 heteroatoms. The van der Waals surface area contributed by atoms with E-state index < -0.39 is 10.4 Å². The van der Waals surface area contributed by atoms with Crippen molar-refractivity contribution in [3.63, 3.8) is 0 Å². The van der Waals surface area contributed by atoms with Crippen LogP contribution in [0.3, 0.4) is 0 Å². The fourth-order valence-corrected chi connectivity index (χ4v) is 1.50. The molecule has 0 aromatic heterocycles. The van der Waals surface area contributed by atoms with Crippen molar-refractivity contribution in [2.24, 2.45) is 0 Å². The smallest absolute Gasteiger partial charge is 0.129 e. The van der Waals surface area contributed by atoms with Gasteiger partial charge in [0.1, 0.15) is 11.4 Å². The molecule has 2 aromatic carbocycles. The lowest BCUT2D eigenvalue weighted by atomic mass is 10.3. The number of halogens is 2. The molecule has 0 radical (unpaired) electrons. The molecule has 116 valence electrons. The van der Waals surface area contributed by atoms with E-state index in [-0.39, 0.29) is 0 Å². The summed E-state index contributed by atoms with van der Waals surface area (Å²) in [6, 6.07) is 14.9. The molecule has 0 aliphatic rings. The maximum Gasteiger partial charge on any atom is 0.129 e. The van der Waals surface area contributed by atoms with Crippen LogP contribution in [0.15, 0.2) is 48.5 Å². The van der Waals surface area contributed by atoms with Gasteiger partial charge in [0.05, 0.1) is 0 Å². The van der Waals surface area contributed by atoms with E-state index in [1.165, 1.54) is 0 Å². The van der Waals surface area contributed by atoms with Crippen LogP contribution in [0.1, 0.15) is 0 Å². The second-order valence-electron chi connectivity index (χ2n) is 3.67. The van der Waals surface area contributed by atoms with Crippen LogP contribution in [0.2, 0.25) is 10.0 Å². The molecule has 21 heavy (non-hydrogen) atoms. The fraction of sp³-hybridized carbons (Fsp3) is 0. The van der Waals surface area contributed by atoms with Crippen molar-refractivity contribution < 1.29 is 29.0 Å². The molecule has 0 heterocycles. The van der Waals surface area contributed by atoms with Crippen LogP contribution in [0.4, 0.5) is 11.4 Å². The molecular formula is C12H14Cl2N2O4S. The molecule has 0 spiro atoms. The molecule has 0 unspecified atom stereocenters. The summed E-state index contributed by atoms with van der Waals surface area (Å²) in [5, 5.41) is 1.50. The van der Waals surface area contributed by atoms with Crippen molar-refractivity contribution in [2.75, 3.05) is 0 Å². The van der Waals surface area contributed by atoms with E-state index >= 15 is 0 Å². The van der Waals surface area contributed by atoms with Gasteiger partial charge in [0.2, 0.25) is 0 Å². The third-order valence-corrected chi connectivity index (χ3v) is 2.25. The maximum atomic E-state index is 8.52. The van der Waals surface area contributed by atoms with Crippen molar-refractivity contribution >= 4 is 45.0 Å². The predicted octanol–water partition coefficient (Wildman–Crippen LogP) is 1.09. The SMILES string of the molecule is O=S(=O)([O-])[O-].[NH3+]c1cccc(Cl)c1.[NH3+]c1cccc(Cl)c1. The fourth-order valence-electron chi connectivity index (χ4n) is 1.07. The molecule has 0 fully saturated rings. The third kappa shape index (κ3) is 15.0. The lowest BCUT2D eigenvalue weighted by Gasteiger charge is -2.06. The molecule has 2 aromatic rings. The van der Waals surface area contributed by atoms with E-state index in [1.807, 2.05) is 48.5 Å². The summed E-state index contributed by atoms with van der Waals surface area (Å²) >= 11 is 11.2. The van der Waals surface area contributed by atoms with Crippen LogP contribution in [0.5, 0.6) is 0 Å². The number of benzene rings is 2. The van der Waals surface area contributed by atoms with Crippen molar-refractivity contribution in [2.45, 2.75) is 0 Å². The van der Waals surface area contributed by atoms with Crippen LogP contribution < -0.4 is 11.5 Å². The van der Waals surface area contributed by atoms with Crippen molar-refractivity contribution in [1.82, 2.24) is 0 Å². The average Bonchev–Trinajstić information content (AvgIpc) is 2.26. The molecule has 2 rings (SSSR count). The number of hydrogen-bond acceptors (Lipinski definition) is 4. The minimum Gasteiger partial charge on any atom is -0.759 e. The summed E-state index contributed by atoms with van der Waals surface area (Å²) in [6.07, 6.45) is 0. The van der Waals surface area contributed by atoms with Gasteiger partial charge in [-0.2, -0.15) is 0 Å². The number of quaternary nitrogens is 2. The number of hydrogen-bond donors (Lipinski definition) is 2. The largest absolute Gasteiger partial charge is 0.759 e. The molecule has 0 amide bonds. The van der Waals surface area contributed by atoms with Gasteiger partial charge >= 0.3 is 0 Å². The van der Waals surface area contributed by atoms with Crippen LogP contribution in [0.25, 0.3) is 0 Å². The summed E-state index contributed by atoms with van der Waals surface area (Å²) in [5.41, 5.74) is 9.31. The summed E-state index contributed by atoms with van der Waals surface area (Å²) < 4.78 is 34.1. The van der Waals surface area contributed by atoms with E-state index in [9.17, 15) is 0 Å². The Hall–Kier alpha value is -1.19. The van der Waals surface area contributed by atoms with Crippen LogP contribution in [0, 0.1) is 0 Å². The zero-order chi connectivity index (χ0) is 16.5. The Balaban J connectivity index is 0.000000296. The zero-order valence-electron chi connectivity index (χ0n) is 10.8. The minimum absolute atomic E-state index is 0.748. The molecule has 0 saturated heterocycles.